The van der Waals surface area contributed by atoms with E-state index in [9.17, 15) is 0 Å². The van der Waals surface area contributed by atoms with Gasteiger partial charge in [-0.25, -0.2) is 0 Å². The van der Waals surface area contributed by atoms with Gasteiger partial charge in [0.05, 0.1) is 0 Å². The summed E-state index contributed by atoms with van der Waals surface area (Å²) in [4.78, 5) is 2.40. The van der Waals surface area contributed by atoms with Crippen LogP contribution in [0.25, 0.3) is 0 Å². The van der Waals surface area contributed by atoms with Crippen LogP contribution in [-0.4, -0.2) is 30.8 Å². The predicted octanol–water partition coefficient (Wildman–Crippen LogP) is 3.73. The number of benzene rings is 1. The van der Waals surface area contributed by atoms with Gasteiger partial charge in [0.2, 0.25) is 0 Å². The van der Waals surface area contributed by atoms with Gasteiger partial charge < -0.3 is 15.3 Å². The van der Waals surface area contributed by atoms with Crippen LogP contribution >= 0.6 is 0 Å². The van der Waals surface area contributed by atoms with Crippen LogP contribution in [0.1, 0.15) is 58.6 Å². The molecule has 1 atom stereocenters. The van der Waals surface area contributed by atoms with E-state index in [1.54, 1.807) is 0 Å². The minimum Gasteiger partial charge on any atom is -0.396 e. The Bertz CT molecular complexity index is 393. The fourth-order valence-corrected chi connectivity index (χ4v) is 2.73. The van der Waals surface area contributed by atoms with Crippen LogP contribution < -0.4 is 10.2 Å². The average Bonchev–Trinajstić information content (AvgIpc) is 2.49. The van der Waals surface area contributed by atoms with Gasteiger partial charge in [-0.15, -0.1) is 0 Å². The first-order valence-corrected chi connectivity index (χ1v) is 8.35. The van der Waals surface area contributed by atoms with E-state index >= 15 is 0 Å². The molecule has 0 bridgehead atoms. The molecule has 0 amide bonds. The van der Waals surface area contributed by atoms with Crippen LogP contribution in [0, 0.1) is 0 Å². The number of rotatable bonds is 10. The van der Waals surface area contributed by atoms with Crippen LogP contribution in [0.15, 0.2) is 24.3 Å². The number of hydrogen-bond acceptors (Lipinski definition) is 3. The molecule has 0 radical (unpaired) electrons. The Hall–Kier alpha value is -1.06. The van der Waals surface area contributed by atoms with Crippen molar-refractivity contribution in [3.63, 3.8) is 0 Å². The monoisotopic (exact) mass is 292 g/mol. The molecule has 0 aliphatic carbocycles. The summed E-state index contributed by atoms with van der Waals surface area (Å²) in [5.74, 6) is 0. The molecule has 0 saturated heterocycles. The Morgan fingerprint density at radius 1 is 1.19 bits per heavy atom. The highest BCUT2D eigenvalue weighted by Crippen LogP contribution is 2.29. The first-order chi connectivity index (χ1) is 10.2. The van der Waals surface area contributed by atoms with E-state index in [0.29, 0.717) is 12.1 Å². The van der Waals surface area contributed by atoms with Gasteiger partial charge in [0.25, 0.3) is 0 Å². The summed E-state index contributed by atoms with van der Waals surface area (Å²) in [5, 5.41) is 12.8. The summed E-state index contributed by atoms with van der Waals surface area (Å²) in [6.45, 7) is 11.1. The number of aliphatic hydroxyl groups excluding tert-OH is 1. The number of anilines is 1. The second-order valence-electron chi connectivity index (χ2n) is 5.84. The van der Waals surface area contributed by atoms with Crippen LogP contribution in [0.2, 0.25) is 0 Å². The molecule has 3 nitrogen and oxygen atoms in total. The standard InChI is InChI=1S/C18H32N2O/c1-5-12-19-17(6-2)16-10-7-8-11-18(16)20(15(3)4)13-9-14-21/h7-8,10-11,15,17,19,21H,5-6,9,12-14H2,1-4H3. The molecule has 120 valence electrons. The van der Waals surface area contributed by atoms with Gasteiger partial charge in [-0.2, -0.15) is 0 Å². The number of nitrogens with zero attached hydrogens (tertiary/aromatic N) is 1. The third kappa shape index (κ3) is 5.33. The fourth-order valence-electron chi connectivity index (χ4n) is 2.73. The summed E-state index contributed by atoms with van der Waals surface area (Å²) in [6, 6.07) is 9.51. The minimum absolute atomic E-state index is 0.247. The van der Waals surface area contributed by atoms with Crippen molar-refractivity contribution in [2.75, 3.05) is 24.6 Å². The topological polar surface area (TPSA) is 35.5 Å². The maximum absolute atomic E-state index is 9.15. The zero-order valence-electron chi connectivity index (χ0n) is 14.1. The molecule has 1 aromatic carbocycles. The van der Waals surface area contributed by atoms with Crippen molar-refractivity contribution in [1.29, 1.82) is 0 Å². The molecule has 0 heterocycles. The number of nitrogens with one attached hydrogen (secondary N) is 1. The van der Waals surface area contributed by atoms with Crippen molar-refractivity contribution in [2.24, 2.45) is 0 Å². The lowest BCUT2D eigenvalue weighted by Gasteiger charge is -2.33. The predicted molar refractivity (Wildman–Crippen MR) is 92.0 cm³/mol. The zero-order chi connectivity index (χ0) is 15.7. The van der Waals surface area contributed by atoms with Crippen molar-refractivity contribution < 1.29 is 5.11 Å². The molecule has 1 unspecified atom stereocenters. The number of para-hydroxylation sites is 1. The van der Waals surface area contributed by atoms with Gasteiger partial charge >= 0.3 is 0 Å². The quantitative estimate of drug-likeness (QED) is 0.689. The summed E-state index contributed by atoms with van der Waals surface area (Å²) < 4.78 is 0. The first-order valence-electron chi connectivity index (χ1n) is 8.35. The highest BCUT2D eigenvalue weighted by molar-refractivity contribution is 5.55. The van der Waals surface area contributed by atoms with E-state index in [1.807, 2.05) is 0 Å². The highest BCUT2D eigenvalue weighted by Gasteiger charge is 2.18. The van der Waals surface area contributed by atoms with E-state index in [2.05, 4.69) is 62.2 Å². The summed E-state index contributed by atoms with van der Waals surface area (Å²) in [7, 11) is 0. The first kappa shape index (κ1) is 18.0. The Labute approximate surface area is 130 Å². The van der Waals surface area contributed by atoms with Crippen molar-refractivity contribution in [1.82, 2.24) is 5.32 Å². The second kappa shape index (κ2) is 9.80. The Kier molecular flexibility index (Phi) is 8.40. The third-order valence-electron chi connectivity index (χ3n) is 3.85. The van der Waals surface area contributed by atoms with Crippen LogP contribution in [0.4, 0.5) is 5.69 Å². The molecule has 0 fully saturated rings. The normalized spacial score (nSPS) is 12.7. The van der Waals surface area contributed by atoms with Gasteiger partial charge in [0.15, 0.2) is 0 Å². The molecule has 2 N–H and O–H groups in total. The Morgan fingerprint density at radius 3 is 2.48 bits per heavy atom. The minimum atomic E-state index is 0.247. The van der Waals surface area contributed by atoms with E-state index in [4.69, 9.17) is 5.11 Å². The molecule has 0 aliphatic rings. The number of aliphatic hydroxyl groups is 1. The van der Waals surface area contributed by atoms with Crippen molar-refractivity contribution in [3.8, 4) is 0 Å². The number of hydrogen-bond donors (Lipinski definition) is 2. The lowest BCUT2D eigenvalue weighted by molar-refractivity contribution is 0.288. The third-order valence-corrected chi connectivity index (χ3v) is 3.85. The van der Waals surface area contributed by atoms with Gasteiger partial charge in [0.1, 0.15) is 0 Å². The molecular formula is C18H32N2O. The van der Waals surface area contributed by atoms with Crippen LogP contribution in [-0.2, 0) is 0 Å². The molecule has 0 saturated carbocycles. The Morgan fingerprint density at radius 2 is 1.90 bits per heavy atom. The molecule has 0 aromatic heterocycles. The van der Waals surface area contributed by atoms with Gasteiger partial charge in [-0.3, -0.25) is 0 Å². The van der Waals surface area contributed by atoms with E-state index < -0.39 is 0 Å². The highest BCUT2D eigenvalue weighted by atomic mass is 16.3. The molecule has 0 spiro atoms. The summed E-state index contributed by atoms with van der Waals surface area (Å²) >= 11 is 0. The Balaban J connectivity index is 3.04. The fraction of sp³-hybridized carbons (Fsp3) is 0.667. The van der Waals surface area contributed by atoms with E-state index in [1.165, 1.54) is 11.3 Å². The lowest BCUT2D eigenvalue weighted by atomic mass is 10.0. The molecule has 3 heteroatoms. The van der Waals surface area contributed by atoms with E-state index in [0.717, 1.165) is 32.4 Å². The molecule has 1 aromatic rings. The van der Waals surface area contributed by atoms with E-state index in [-0.39, 0.29) is 6.61 Å². The van der Waals surface area contributed by atoms with Gasteiger partial charge in [-0.1, -0.05) is 32.0 Å². The van der Waals surface area contributed by atoms with Gasteiger partial charge in [-0.05, 0) is 51.3 Å². The molecule has 21 heavy (non-hydrogen) atoms. The van der Waals surface area contributed by atoms with Crippen molar-refractivity contribution in [3.05, 3.63) is 29.8 Å². The van der Waals surface area contributed by atoms with Crippen LogP contribution in [0.5, 0.6) is 0 Å². The summed E-state index contributed by atoms with van der Waals surface area (Å²) in [5.41, 5.74) is 2.68. The zero-order valence-corrected chi connectivity index (χ0v) is 14.1. The van der Waals surface area contributed by atoms with Gasteiger partial charge in [0, 0.05) is 30.9 Å². The maximum atomic E-state index is 9.15. The molecular weight excluding hydrogens is 260 g/mol. The lowest BCUT2D eigenvalue weighted by Crippen LogP contribution is -2.34. The van der Waals surface area contributed by atoms with Crippen molar-refractivity contribution in [2.45, 2.75) is 59.0 Å². The van der Waals surface area contributed by atoms with Crippen molar-refractivity contribution >= 4 is 5.69 Å². The second-order valence-corrected chi connectivity index (χ2v) is 5.84. The SMILES string of the molecule is CCCNC(CC)c1ccccc1N(CCCO)C(C)C. The largest absolute Gasteiger partial charge is 0.396 e. The van der Waals surface area contributed by atoms with Crippen LogP contribution in [0.3, 0.4) is 0 Å². The average molecular weight is 292 g/mol. The molecule has 0 aliphatic heterocycles. The smallest absolute Gasteiger partial charge is 0.0447 e. The molecule has 1 rings (SSSR count). The summed E-state index contributed by atoms with van der Waals surface area (Å²) in [6.07, 6.45) is 3.05. The maximum Gasteiger partial charge on any atom is 0.0447 e.